The molecule has 0 unspecified atom stereocenters. The monoisotopic (exact) mass is 451 g/mol. The molecule has 2 aromatic carbocycles. The van der Waals surface area contributed by atoms with Crippen molar-refractivity contribution in [1.82, 2.24) is 14.8 Å². The lowest BCUT2D eigenvalue weighted by atomic mass is 9.98. The Balaban J connectivity index is 1.80. The molecule has 0 saturated carbocycles. The number of benzene rings is 2. The first-order chi connectivity index (χ1) is 15.7. The topological polar surface area (TPSA) is 89.6 Å². The molecule has 4 rings (SSSR count). The summed E-state index contributed by atoms with van der Waals surface area (Å²) in [6.07, 6.45) is 3.97. The van der Waals surface area contributed by atoms with E-state index in [4.69, 9.17) is 9.47 Å². The molecule has 1 aromatic heterocycles. The number of rotatable bonds is 8. The smallest absolute Gasteiger partial charge is 0.322 e. The Morgan fingerprint density at radius 2 is 1.79 bits per heavy atom. The Bertz CT molecular complexity index is 1150. The number of phenolic OH excluding ortho intramolecular Hbond substituents is 2. The van der Waals surface area contributed by atoms with Crippen molar-refractivity contribution in [2.24, 2.45) is 0 Å². The summed E-state index contributed by atoms with van der Waals surface area (Å²) in [4.78, 5) is 0. The van der Waals surface area contributed by atoms with Gasteiger partial charge in [0, 0.05) is 19.6 Å². The van der Waals surface area contributed by atoms with Crippen LogP contribution in [0.15, 0.2) is 30.3 Å². The van der Waals surface area contributed by atoms with E-state index in [9.17, 15) is 10.2 Å². The van der Waals surface area contributed by atoms with Gasteiger partial charge in [0.2, 0.25) is 0 Å². The molecular formula is C26H33N3O4. The fourth-order valence-electron chi connectivity index (χ4n) is 4.19. The molecule has 0 radical (unpaired) electrons. The van der Waals surface area contributed by atoms with Gasteiger partial charge in [-0.15, -0.1) is 5.10 Å². The molecule has 7 heteroatoms. The average molecular weight is 452 g/mol. The van der Waals surface area contributed by atoms with Gasteiger partial charge in [0.1, 0.15) is 11.5 Å². The Morgan fingerprint density at radius 3 is 2.52 bits per heavy atom. The molecule has 1 aliphatic carbocycles. The fourth-order valence-corrected chi connectivity index (χ4v) is 4.19. The Labute approximate surface area is 195 Å². The van der Waals surface area contributed by atoms with Crippen LogP contribution in [0, 0.1) is 0 Å². The highest BCUT2D eigenvalue weighted by molar-refractivity contribution is 5.70. The maximum absolute atomic E-state index is 10.7. The van der Waals surface area contributed by atoms with Crippen molar-refractivity contribution in [3.8, 4) is 34.6 Å². The number of nitrogens with zero attached hydrogens (tertiary/aromatic N) is 3. The number of aromatic nitrogens is 3. The van der Waals surface area contributed by atoms with Crippen LogP contribution in [0.3, 0.4) is 0 Å². The van der Waals surface area contributed by atoms with Gasteiger partial charge in [-0.1, -0.05) is 25.0 Å². The first-order valence-corrected chi connectivity index (χ1v) is 11.5. The number of hydrogen-bond acceptors (Lipinski definition) is 6. The predicted octanol–water partition coefficient (Wildman–Crippen LogP) is 5.15. The van der Waals surface area contributed by atoms with E-state index in [0.717, 1.165) is 30.5 Å². The lowest BCUT2D eigenvalue weighted by molar-refractivity contribution is 0.00451. The zero-order chi connectivity index (χ0) is 23.8. The van der Waals surface area contributed by atoms with Gasteiger partial charge in [0.05, 0.1) is 23.5 Å². The molecule has 0 atom stereocenters. The summed E-state index contributed by atoms with van der Waals surface area (Å²) in [5, 5.41) is 29.7. The van der Waals surface area contributed by atoms with Gasteiger partial charge >= 0.3 is 6.01 Å². The fraction of sp³-hybridized carbons (Fsp3) is 0.462. The highest BCUT2D eigenvalue weighted by atomic mass is 16.5. The summed E-state index contributed by atoms with van der Waals surface area (Å²) >= 11 is 0. The number of aryl methyl sites for hydroxylation is 2. The summed E-state index contributed by atoms with van der Waals surface area (Å²) in [6.45, 7) is 8.41. The highest BCUT2D eigenvalue weighted by Crippen LogP contribution is 2.39. The number of methoxy groups -OCH3 is 1. The van der Waals surface area contributed by atoms with Gasteiger partial charge in [0.25, 0.3) is 0 Å². The number of hydrogen-bond donors (Lipinski definition) is 2. The number of fused-ring (bicyclic) bond motifs is 1. The van der Waals surface area contributed by atoms with E-state index in [1.807, 2.05) is 38.3 Å². The van der Waals surface area contributed by atoms with Crippen LogP contribution in [0.4, 0.5) is 0 Å². The molecule has 176 valence electrons. The predicted molar refractivity (Wildman–Crippen MR) is 127 cm³/mol. The van der Waals surface area contributed by atoms with Crippen LogP contribution in [0.25, 0.3) is 17.1 Å². The summed E-state index contributed by atoms with van der Waals surface area (Å²) in [6, 6.07) is 9.85. The van der Waals surface area contributed by atoms with Crippen molar-refractivity contribution in [2.75, 3.05) is 13.7 Å². The van der Waals surface area contributed by atoms with E-state index >= 15 is 0 Å². The van der Waals surface area contributed by atoms with Crippen molar-refractivity contribution in [3.63, 3.8) is 0 Å². The Kier molecular flexibility index (Phi) is 6.34. The lowest BCUT2D eigenvalue weighted by Gasteiger charge is -2.22. The quantitative estimate of drug-likeness (QED) is 0.492. The van der Waals surface area contributed by atoms with E-state index in [-0.39, 0.29) is 23.0 Å². The van der Waals surface area contributed by atoms with Gasteiger partial charge in [-0.25, -0.2) is 4.57 Å². The van der Waals surface area contributed by atoms with Gasteiger partial charge < -0.3 is 19.7 Å². The van der Waals surface area contributed by atoms with Gasteiger partial charge in [-0.2, -0.15) is 0 Å². The minimum Gasteiger partial charge on any atom is -0.508 e. The molecule has 33 heavy (non-hydrogen) atoms. The second-order valence-corrected chi connectivity index (χ2v) is 9.59. The first-order valence-electron chi connectivity index (χ1n) is 11.5. The molecule has 3 aromatic rings. The lowest BCUT2D eigenvalue weighted by Crippen LogP contribution is -2.25. The van der Waals surface area contributed by atoms with Crippen molar-refractivity contribution in [1.29, 1.82) is 0 Å². The Morgan fingerprint density at radius 1 is 1.03 bits per heavy atom. The third-order valence-corrected chi connectivity index (χ3v) is 6.47. The maximum Gasteiger partial charge on any atom is 0.322 e. The molecule has 0 amide bonds. The highest BCUT2D eigenvalue weighted by Gasteiger charge is 2.24. The molecule has 2 N–H and O–H groups in total. The third-order valence-electron chi connectivity index (χ3n) is 6.47. The van der Waals surface area contributed by atoms with E-state index in [0.29, 0.717) is 30.4 Å². The van der Waals surface area contributed by atoms with Crippen LogP contribution < -0.4 is 4.74 Å². The van der Waals surface area contributed by atoms with Crippen LogP contribution in [0.1, 0.15) is 63.1 Å². The summed E-state index contributed by atoms with van der Waals surface area (Å²) in [5.41, 5.74) is 4.48. The molecule has 1 aliphatic rings. The van der Waals surface area contributed by atoms with E-state index in [1.165, 1.54) is 17.2 Å². The third kappa shape index (κ3) is 4.69. The van der Waals surface area contributed by atoms with E-state index in [2.05, 4.69) is 22.3 Å². The molecule has 0 saturated heterocycles. The standard InChI is InChI=1S/C26H33N3O4/c1-16(2)20-14-21(23(31)15-22(20)30)24-27-28-25(33-12-11-26(3,4)32-5)29(24)19-10-9-17-7-6-8-18(17)13-19/h9-10,13-16,30-31H,6-8,11-12H2,1-5H3. The zero-order valence-electron chi connectivity index (χ0n) is 20.1. The Hall–Kier alpha value is -3.06. The van der Waals surface area contributed by atoms with Crippen molar-refractivity contribution in [2.45, 2.75) is 64.9 Å². The minimum atomic E-state index is -0.317. The molecular weight excluding hydrogens is 418 g/mol. The second-order valence-electron chi connectivity index (χ2n) is 9.59. The van der Waals surface area contributed by atoms with Crippen molar-refractivity contribution in [3.05, 3.63) is 47.0 Å². The van der Waals surface area contributed by atoms with Crippen molar-refractivity contribution < 1.29 is 19.7 Å². The molecule has 0 fully saturated rings. The van der Waals surface area contributed by atoms with Gasteiger partial charge in [-0.05, 0) is 73.9 Å². The molecule has 0 bridgehead atoms. The summed E-state index contributed by atoms with van der Waals surface area (Å²) < 4.78 is 13.4. The first kappa shape index (κ1) is 23.1. The van der Waals surface area contributed by atoms with Crippen LogP contribution >= 0.6 is 0 Å². The SMILES string of the molecule is COC(C)(C)CCOc1nnc(-c2cc(C(C)C)c(O)cc2O)n1-c1ccc2c(c1)CCC2. The van der Waals surface area contributed by atoms with Crippen LogP contribution in [-0.4, -0.2) is 44.3 Å². The molecule has 0 spiro atoms. The van der Waals surface area contributed by atoms with E-state index < -0.39 is 0 Å². The average Bonchev–Trinajstić information content (AvgIpc) is 3.40. The zero-order valence-corrected chi connectivity index (χ0v) is 20.1. The second kappa shape index (κ2) is 9.06. The normalized spacial score (nSPS) is 13.5. The molecule has 0 aliphatic heterocycles. The summed E-state index contributed by atoms with van der Waals surface area (Å²) in [5.74, 6) is 0.549. The van der Waals surface area contributed by atoms with Crippen molar-refractivity contribution >= 4 is 0 Å². The van der Waals surface area contributed by atoms with E-state index in [1.54, 1.807) is 13.2 Å². The number of aromatic hydroxyl groups is 2. The van der Waals surface area contributed by atoms with Crippen LogP contribution in [0.2, 0.25) is 0 Å². The molecule has 1 heterocycles. The number of ether oxygens (including phenoxy) is 2. The summed E-state index contributed by atoms with van der Waals surface area (Å²) in [7, 11) is 1.69. The van der Waals surface area contributed by atoms with Gasteiger partial charge in [-0.3, -0.25) is 0 Å². The molecule has 7 nitrogen and oxygen atoms in total. The maximum atomic E-state index is 10.7. The van der Waals surface area contributed by atoms with Crippen LogP contribution in [-0.2, 0) is 17.6 Å². The largest absolute Gasteiger partial charge is 0.508 e. The minimum absolute atomic E-state index is 0.0567. The number of phenols is 2. The van der Waals surface area contributed by atoms with Gasteiger partial charge in [0.15, 0.2) is 5.82 Å². The van der Waals surface area contributed by atoms with Crippen LogP contribution in [0.5, 0.6) is 17.5 Å².